The number of amides is 2. The Bertz CT molecular complexity index is 858. The third-order valence-electron chi connectivity index (χ3n) is 4.18. The van der Waals surface area contributed by atoms with Gasteiger partial charge in [0.15, 0.2) is 5.69 Å². The highest BCUT2D eigenvalue weighted by Crippen LogP contribution is 2.38. The second kappa shape index (κ2) is 6.39. The molecular weight excluding hydrogens is 324 g/mol. The molecule has 2 atom stereocenters. The number of nitrogens with zero attached hydrogens (tertiary/aromatic N) is 2. The molecule has 2 unspecified atom stereocenters. The van der Waals surface area contributed by atoms with Gasteiger partial charge in [-0.25, -0.2) is 4.79 Å². The maximum atomic E-state index is 12.4. The monoisotopic (exact) mass is 342 g/mol. The van der Waals surface area contributed by atoms with Crippen LogP contribution in [0, 0.1) is 11.8 Å². The van der Waals surface area contributed by atoms with Crippen LogP contribution in [0.2, 0.25) is 0 Å². The summed E-state index contributed by atoms with van der Waals surface area (Å²) in [5, 5.41) is 18.1. The van der Waals surface area contributed by atoms with Crippen molar-refractivity contribution in [1.29, 1.82) is 0 Å². The number of aromatic nitrogens is 2. The predicted molar refractivity (Wildman–Crippen MR) is 90.5 cm³/mol. The zero-order valence-corrected chi connectivity index (χ0v) is 13.8. The zero-order chi connectivity index (χ0) is 18.1. The van der Waals surface area contributed by atoms with Crippen LogP contribution in [0.4, 0.5) is 11.5 Å². The van der Waals surface area contributed by atoms with E-state index in [1.54, 1.807) is 24.3 Å². The lowest BCUT2D eigenvalue weighted by Crippen LogP contribution is -2.17. The number of carbonyl (C=O) groups excluding carboxylic acids is 2. The Balaban J connectivity index is 1.71. The summed E-state index contributed by atoms with van der Waals surface area (Å²) in [6.07, 6.45) is 0.887. The second-order valence-electron chi connectivity index (χ2n) is 6.19. The maximum absolute atomic E-state index is 12.4. The minimum atomic E-state index is -1.17. The van der Waals surface area contributed by atoms with Gasteiger partial charge in [-0.3, -0.25) is 14.3 Å². The van der Waals surface area contributed by atoms with Crippen LogP contribution in [0.15, 0.2) is 30.3 Å². The van der Waals surface area contributed by atoms with E-state index in [-0.39, 0.29) is 23.3 Å². The summed E-state index contributed by atoms with van der Waals surface area (Å²) in [5.74, 6) is -0.918. The van der Waals surface area contributed by atoms with Crippen molar-refractivity contribution in [2.24, 2.45) is 18.9 Å². The lowest BCUT2D eigenvalue weighted by molar-refractivity contribution is -0.117. The van der Waals surface area contributed by atoms with E-state index in [0.717, 1.165) is 6.42 Å². The third-order valence-corrected chi connectivity index (χ3v) is 4.18. The molecule has 1 aromatic heterocycles. The number of benzene rings is 1. The largest absolute Gasteiger partial charge is 0.476 e. The molecule has 2 amide bonds. The van der Waals surface area contributed by atoms with Crippen LogP contribution >= 0.6 is 0 Å². The number of aryl methyl sites for hydroxylation is 1. The molecule has 0 saturated heterocycles. The van der Waals surface area contributed by atoms with Gasteiger partial charge in [-0.1, -0.05) is 13.0 Å². The molecular formula is C17H18N4O4. The smallest absolute Gasteiger partial charge is 0.356 e. The SMILES string of the molecule is CC1CC1C(=O)Nc1cccc(C(=O)Nc2cc(C(=O)O)nn2C)c1. The van der Waals surface area contributed by atoms with Crippen molar-refractivity contribution in [2.75, 3.05) is 10.6 Å². The number of nitrogens with one attached hydrogen (secondary N) is 2. The predicted octanol–water partition coefficient (Wildman–Crippen LogP) is 1.97. The van der Waals surface area contributed by atoms with Crippen LogP contribution in [0.3, 0.4) is 0 Å². The average Bonchev–Trinajstić information content (AvgIpc) is 3.19. The van der Waals surface area contributed by atoms with Gasteiger partial charge >= 0.3 is 5.97 Å². The van der Waals surface area contributed by atoms with E-state index in [2.05, 4.69) is 15.7 Å². The van der Waals surface area contributed by atoms with Crippen molar-refractivity contribution in [3.8, 4) is 0 Å². The molecule has 1 fully saturated rings. The van der Waals surface area contributed by atoms with E-state index >= 15 is 0 Å². The molecule has 130 valence electrons. The lowest BCUT2D eigenvalue weighted by Gasteiger charge is -2.08. The lowest BCUT2D eigenvalue weighted by atomic mass is 10.2. The first-order valence-electron chi connectivity index (χ1n) is 7.84. The molecule has 1 aromatic carbocycles. The van der Waals surface area contributed by atoms with E-state index in [0.29, 0.717) is 17.2 Å². The summed E-state index contributed by atoms with van der Waals surface area (Å²) in [7, 11) is 1.54. The number of carboxylic acid groups (broad SMARTS) is 1. The fourth-order valence-corrected chi connectivity index (χ4v) is 2.54. The van der Waals surface area contributed by atoms with Crippen LogP contribution in [-0.2, 0) is 11.8 Å². The molecule has 0 aliphatic heterocycles. The van der Waals surface area contributed by atoms with E-state index in [4.69, 9.17) is 5.11 Å². The minimum Gasteiger partial charge on any atom is -0.476 e. The van der Waals surface area contributed by atoms with E-state index in [1.165, 1.54) is 17.8 Å². The molecule has 8 heteroatoms. The molecule has 1 aliphatic rings. The first kappa shape index (κ1) is 16.7. The zero-order valence-electron chi connectivity index (χ0n) is 13.8. The Morgan fingerprint density at radius 2 is 1.96 bits per heavy atom. The van der Waals surface area contributed by atoms with Crippen LogP contribution in [0.5, 0.6) is 0 Å². The van der Waals surface area contributed by atoms with E-state index in [1.807, 2.05) is 6.92 Å². The first-order valence-corrected chi connectivity index (χ1v) is 7.84. The highest BCUT2D eigenvalue weighted by Gasteiger charge is 2.39. The highest BCUT2D eigenvalue weighted by atomic mass is 16.4. The van der Waals surface area contributed by atoms with Crippen molar-refractivity contribution >= 4 is 29.3 Å². The fourth-order valence-electron chi connectivity index (χ4n) is 2.54. The van der Waals surface area contributed by atoms with E-state index in [9.17, 15) is 14.4 Å². The van der Waals surface area contributed by atoms with Crippen molar-refractivity contribution in [2.45, 2.75) is 13.3 Å². The average molecular weight is 342 g/mol. The molecule has 1 aliphatic carbocycles. The number of aromatic carboxylic acids is 1. The normalized spacial score (nSPS) is 18.5. The standard InChI is InChI=1S/C17H18N4O4/c1-9-6-12(9)16(23)18-11-5-3-4-10(7-11)15(22)19-14-8-13(17(24)25)20-21(14)2/h3-5,7-9,12H,6H2,1-2H3,(H,18,23)(H,19,22)(H,24,25). The topological polar surface area (TPSA) is 113 Å². The van der Waals surface area contributed by atoms with Gasteiger partial charge in [-0.2, -0.15) is 5.10 Å². The molecule has 1 heterocycles. The molecule has 3 N–H and O–H groups in total. The molecule has 1 saturated carbocycles. The second-order valence-corrected chi connectivity index (χ2v) is 6.19. The Morgan fingerprint density at radius 1 is 1.24 bits per heavy atom. The van der Waals surface area contributed by atoms with Gasteiger partial charge in [-0.05, 0) is 30.5 Å². The Morgan fingerprint density at radius 3 is 2.56 bits per heavy atom. The summed E-state index contributed by atoms with van der Waals surface area (Å²) < 4.78 is 1.28. The van der Waals surface area contributed by atoms with Gasteiger partial charge in [0.25, 0.3) is 5.91 Å². The van der Waals surface area contributed by atoms with Gasteiger partial charge in [0.1, 0.15) is 5.82 Å². The van der Waals surface area contributed by atoms with Gasteiger partial charge in [0.2, 0.25) is 5.91 Å². The first-order chi connectivity index (χ1) is 11.8. The number of anilines is 2. The molecule has 0 bridgehead atoms. The van der Waals surface area contributed by atoms with Crippen molar-refractivity contribution < 1.29 is 19.5 Å². The summed E-state index contributed by atoms with van der Waals surface area (Å²) in [4.78, 5) is 35.3. The van der Waals surface area contributed by atoms with Crippen LogP contribution in [0.1, 0.15) is 34.2 Å². The molecule has 3 rings (SSSR count). The Hall–Kier alpha value is -3.16. The number of hydrogen-bond donors (Lipinski definition) is 3. The quantitative estimate of drug-likeness (QED) is 0.769. The number of carboxylic acids is 1. The van der Waals surface area contributed by atoms with Crippen LogP contribution < -0.4 is 10.6 Å². The van der Waals surface area contributed by atoms with Gasteiger partial charge < -0.3 is 15.7 Å². The highest BCUT2D eigenvalue weighted by molar-refractivity contribution is 6.05. The van der Waals surface area contributed by atoms with E-state index < -0.39 is 11.9 Å². The molecule has 8 nitrogen and oxygen atoms in total. The van der Waals surface area contributed by atoms with Crippen LogP contribution in [-0.4, -0.2) is 32.7 Å². The van der Waals surface area contributed by atoms with Crippen molar-refractivity contribution in [3.05, 3.63) is 41.6 Å². The van der Waals surface area contributed by atoms with Gasteiger partial charge in [0, 0.05) is 30.3 Å². The van der Waals surface area contributed by atoms with Gasteiger partial charge in [0.05, 0.1) is 0 Å². The molecule has 25 heavy (non-hydrogen) atoms. The third kappa shape index (κ3) is 3.68. The number of carbonyl (C=O) groups is 3. The minimum absolute atomic E-state index is 0.0391. The van der Waals surface area contributed by atoms with Crippen molar-refractivity contribution in [1.82, 2.24) is 9.78 Å². The van der Waals surface area contributed by atoms with Gasteiger partial charge in [-0.15, -0.1) is 0 Å². The Kier molecular flexibility index (Phi) is 4.26. The van der Waals surface area contributed by atoms with Crippen LogP contribution in [0.25, 0.3) is 0 Å². The number of rotatable bonds is 5. The molecule has 0 radical (unpaired) electrons. The summed E-state index contributed by atoms with van der Waals surface area (Å²) in [5.41, 5.74) is 0.741. The Labute approximate surface area is 143 Å². The molecule has 0 spiro atoms. The van der Waals surface area contributed by atoms with Crippen molar-refractivity contribution in [3.63, 3.8) is 0 Å². The summed E-state index contributed by atoms with van der Waals surface area (Å²) in [6, 6.07) is 7.86. The number of hydrogen-bond acceptors (Lipinski definition) is 4. The summed E-state index contributed by atoms with van der Waals surface area (Å²) in [6.45, 7) is 2.02. The molecule has 2 aromatic rings. The fraction of sp³-hybridized carbons (Fsp3) is 0.294. The maximum Gasteiger partial charge on any atom is 0.356 e. The summed E-state index contributed by atoms with van der Waals surface area (Å²) >= 11 is 0.